The number of methoxy groups -OCH3 is 2. The first-order valence-electron chi connectivity index (χ1n) is 6.12. The number of benzene rings is 1. The molecule has 0 aliphatic heterocycles. The zero-order chi connectivity index (χ0) is 14.1. The van der Waals surface area contributed by atoms with E-state index in [2.05, 4.69) is 11.0 Å². The first-order chi connectivity index (χ1) is 9.21. The molecular formula is C14H19ClN2O2. The molecule has 0 amide bonds. The van der Waals surface area contributed by atoms with Gasteiger partial charge < -0.3 is 9.47 Å². The molecule has 0 bridgehead atoms. The van der Waals surface area contributed by atoms with Gasteiger partial charge in [-0.2, -0.15) is 5.26 Å². The van der Waals surface area contributed by atoms with Crippen LogP contribution in [0.1, 0.15) is 12.0 Å². The summed E-state index contributed by atoms with van der Waals surface area (Å²) in [5.74, 6) is 0.809. The molecule has 0 saturated carbocycles. The summed E-state index contributed by atoms with van der Waals surface area (Å²) in [6.07, 6.45) is 0.493. The first kappa shape index (κ1) is 15.8. The highest BCUT2D eigenvalue weighted by Gasteiger charge is 2.10. The Labute approximate surface area is 119 Å². The highest BCUT2D eigenvalue weighted by atomic mass is 35.5. The van der Waals surface area contributed by atoms with Crippen LogP contribution in [0.3, 0.4) is 0 Å². The third-order valence-electron chi connectivity index (χ3n) is 2.79. The molecule has 0 fully saturated rings. The van der Waals surface area contributed by atoms with Crippen molar-refractivity contribution < 1.29 is 9.47 Å². The van der Waals surface area contributed by atoms with E-state index in [-0.39, 0.29) is 0 Å². The van der Waals surface area contributed by atoms with Gasteiger partial charge in [0.05, 0.1) is 19.8 Å². The Hall–Kier alpha value is -1.28. The first-order valence-corrected chi connectivity index (χ1v) is 6.49. The third-order valence-corrected chi connectivity index (χ3v) is 3.02. The summed E-state index contributed by atoms with van der Waals surface area (Å²) in [5.41, 5.74) is 1.02. The molecule has 1 rings (SSSR count). The lowest BCUT2D eigenvalue weighted by Crippen LogP contribution is -2.28. The lowest BCUT2D eigenvalue weighted by Gasteiger charge is -2.22. The van der Waals surface area contributed by atoms with Crippen LogP contribution in [0.5, 0.6) is 5.75 Å². The predicted molar refractivity (Wildman–Crippen MR) is 75.4 cm³/mol. The monoisotopic (exact) mass is 282 g/mol. The van der Waals surface area contributed by atoms with E-state index in [4.69, 9.17) is 26.3 Å². The third kappa shape index (κ3) is 5.48. The highest BCUT2D eigenvalue weighted by Crippen LogP contribution is 2.24. The molecule has 0 aliphatic carbocycles. The molecule has 0 spiro atoms. The maximum absolute atomic E-state index is 8.70. The van der Waals surface area contributed by atoms with E-state index < -0.39 is 0 Å². The molecule has 0 atom stereocenters. The quantitative estimate of drug-likeness (QED) is 0.735. The largest absolute Gasteiger partial charge is 0.496 e. The molecule has 1 aromatic rings. The number of nitrogens with zero attached hydrogens (tertiary/aromatic N) is 2. The number of halogens is 1. The summed E-state index contributed by atoms with van der Waals surface area (Å²) in [6, 6.07) is 7.72. The summed E-state index contributed by atoms with van der Waals surface area (Å²) >= 11 is 6.01. The van der Waals surface area contributed by atoms with E-state index in [9.17, 15) is 0 Å². The minimum atomic E-state index is 0.493. The van der Waals surface area contributed by atoms with Crippen molar-refractivity contribution in [3.63, 3.8) is 0 Å². The Morgan fingerprint density at radius 2 is 2.11 bits per heavy atom. The molecule has 5 heteroatoms. The van der Waals surface area contributed by atoms with Crippen LogP contribution in [0.2, 0.25) is 5.02 Å². The summed E-state index contributed by atoms with van der Waals surface area (Å²) in [7, 11) is 3.31. The van der Waals surface area contributed by atoms with Gasteiger partial charge in [-0.05, 0) is 18.2 Å². The van der Waals surface area contributed by atoms with Crippen molar-refractivity contribution in [3.05, 3.63) is 28.8 Å². The van der Waals surface area contributed by atoms with E-state index in [1.807, 2.05) is 12.1 Å². The van der Waals surface area contributed by atoms with Gasteiger partial charge in [-0.25, -0.2) is 0 Å². The number of hydrogen-bond donors (Lipinski definition) is 0. The van der Waals surface area contributed by atoms with E-state index in [1.54, 1.807) is 20.3 Å². The molecule has 19 heavy (non-hydrogen) atoms. The van der Waals surface area contributed by atoms with Crippen molar-refractivity contribution >= 4 is 11.6 Å². The maximum Gasteiger partial charge on any atom is 0.123 e. The smallest absolute Gasteiger partial charge is 0.123 e. The number of nitriles is 1. The van der Waals surface area contributed by atoms with E-state index in [0.717, 1.165) is 17.9 Å². The van der Waals surface area contributed by atoms with Crippen molar-refractivity contribution in [2.24, 2.45) is 0 Å². The lowest BCUT2D eigenvalue weighted by molar-refractivity contribution is 0.145. The van der Waals surface area contributed by atoms with Gasteiger partial charge in [0, 0.05) is 43.8 Å². The van der Waals surface area contributed by atoms with Crippen molar-refractivity contribution in [3.8, 4) is 11.8 Å². The van der Waals surface area contributed by atoms with Gasteiger partial charge in [-0.1, -0.05) is 11.6 Å². The van der Waals surface area contributed by atoms with Gasteiger partial charge in [0.25, 0.3) is 0 Å². The van der Waals surface area contributed by atoms with Crippen molar-refractivity contribution in [2.45, 2.75) is 13.0 Å². The van der Waals surface area contributed by atoms with Gasteiger partial charge in [-0.3, -0.25) is 4.90 Å². The Kier molecular flexibility index (Phi) is 7.27. The zero-order valence-electron chi connectivity index (χ0n) is 11.4. The SMILES string of the molecule is COCCN(CCC#N)Cc1cc(Cl)ccc1OC. The van der Waals surface area contributed by atoms with Crippen LogP contribution < -0.4 is 4.74 Å². The van der Waals surface area contributed by atoms with E-state index >= 15 is 0 Å². The number of ether oxygens (including phenoxy) is 2. The maximum atomic E-state index is 8.70. The molecule has 104 valence electrons. The zero-order valence-corrected chi connectivity index (χ0v) is 12.1. The van der Waals surface area contributed by atoms with Gasteiger partial charge in [-0.15, -0.1) is 0 Å². The minimum Gasteiger partial charge on any atom is -0.496 e. The molecule has 0 N–H and O–H groups in total. The summed E-state index contributed by atoms with van der Waals surface area (Å²) in [4.78, 5) is 2.15. The second kappa shape index (κ2) is 8.76. The molecule has 0 radical (unpaired) electrons. The van der Waals surface area contributed by atoms with E-state index in [0.29, 0.717) is 31.1 Å². The van der Waals surface area contributed by atoms with Crippen LogP contribution in [-0.4, -0.2) is 38.8 Å². The molecule has 0 unspecified atom stereocenters. The Balaban J connectivity index is 2.76. The van der Waals surface area contributed by atoms with Crippen LogP contribution in [0.25, 0.3) is 0 Å². The number of hydrogen-bond acceptors (Lipinski definition) is 4. The average molecular weight is 283 g/mol. The molecule has 0 aliphatic rings. The fraction of sp³-hybridized carbons (Fsp3) is 0.500. The highest BCUT2D eigenvalue weighted by molar-refractivity contribution is 6.30. The van der Waals surface area contributed by atoms with Crippen LogP contribution in [0.15, 0.2) is 18.2 Å². The van der Waals surface area contributed by atoms with Crippen LogP contribution in [-0.2, 0) is 11.3 Å². The standard InChI is InChI=1S/C14H19ClN2O2/c1-18-9-8-17(7-3-6-16)11-12-10-13(15)4-5-14(12)19-2/h4-5,10H,3,7-9,11H2,1-2H3. The second-order valence-corrected chi connectivity index (χ2v) is 4.57. The van der Waals surface area contributed by atoms with Gasteiger partial charge in [0.15, 0.2) is 0 Å². The summed E-state index contributed by atoms with van der Waals surface area (Å²) in [6.45, 7) is 2.80. The predicted octanol–water partition coefficient (Wildman–Crippen LogP) is 2.71. The second-order valence-electron chi connectivity index (χ2n) is 4.13. The molecule has 1 aromatic carbocycles. The molecule has 0 heterocycles. The lowest BCUT2D eigenvalue weighted by atomic mass is 10.2. The molecule has 0 aromatic heterocycles. The Morgan fingerprint density at radius 3 is 2.74 bits per heavy atom. The van der Waals surface area contributed by atoms with Gasteiger partial charge in [0.2, 0.25) is 0 Å². The molecule has 0 saturated heterocycles. The summed E-state index contributed by atoms with van der Waals surface area (Å²) in [5, 5.41) is 9.38. The van der Waals surface area contributed by atoms with Gasteiger partial charge in [0.1, 0.15) is 5.75 Å². The normalized spacial score (nSPS) is 10.5. The molecular weight excluding hydrogens is 264 g/mol. The summed E-state index contributed by atoms with van der Waals surface area (Å²) < 4.78 is 10.4. The van der Waals surface area contributed by atoms with Crippen LogP contribution in [0.4, 0.5) is 0 Å². The van der Waals surface area contributed by atoms with Crippen molar-refractivity contribution in [1.29, 1.82) is 5.26 Å². The van der Waals surface area contributed by atoms with Gasteiger partial charge >= 0.3 is 0 Å². The van der Waals surface area contributed by atoms with Crippen molar-refractivity contribution in [1.82, 2.24) is 4.90 Å². The fourth-order valence-corrected chi connectivity index (χ4v) is 2.00. The topological polar surface area (TPSA) is 45.5 Å². The minimum absolute atomic E-state index is 0.493. The molecule has 4 nitrogen and oxygen atoms in total. The van der Waals surface area contributed by atoms with Crippen LogP contribution >= 0.6 is 11.6 Å². The van der Waals surface area contributed by atoms with Crippen LogP contribution in [0, 0.1) is 11.3 Å². The van der Waals surface area contributed by atoms with E-state index in [1.165, 1.54) is 0 Å². The fourth-order valence-electron chi connectivity index (χ4n) is 1.81. The average Bonchev–Trinajstić information content (AvgIpc) is 2.42. The van der Waals surface area contributed by atoms with Crippen molar-refractivity contribution in [2.75, 3.05) is 33.9 Å². The Morgan fingerprint density at radius 1 is 1.32 bits per heavy atom. The number of rotatable bonds is 8. The Bertz CT molecular complexity index is 432.